The minimum absolute atomic E-state index is 0.777. The number of nitrogens with one attached hydrogen (secondary N) is 1. The van der Waals surface area contributed by atoms with E-state index < -0.39 is 0 Å². The summed E-state index contributed by atoms with van der Waals surface area (Å²) in [6.07, 6.45) is 1.00. The molecule has 0 aliphatic carbocycles. The van der Waals surface area contributed by atoms with Gasteiger partial charge in [0, 0.05) is 23.7 Å². The van der Waals surface area contributed by atoms with E-state index in [1.54, 1.807) is 0 Å². The summed E-state index contributed by atoms with van der Waals surface area (Å²) in [7, 11) is 0. The molecule has 0 aromatic heterocycles. The van der Waals surface area contributed by atoms with Gasteiger partial charge >= 0.3 is 0 Å². The van der Waals surface area contributed by atoms with Gasteiger partial charge in [-0.1, -0.05) is 23.7 Å². The van der Waals surface area contributed by atoms with Gasteiger partial charge in [-0.05, 0) is 47.9 Å². The first-order valence-corrected chi connectivity index (χ1v) is 6.85. The highest BCUT2D eigenvalue weighted by atomic mass is 35.5. The highest BCUT2D eigenvalue weighted by Crippen LogP contribution is 2.28. The average Bonchev–Trinajstić information content (AvgIpc) is 2.87. The Kier molecular flexibility index (Phi) is 3.34. The molecule has 2 aromatic rings. The average molecular weight is 274 g/mol. The molecule has 1 aliphatic rings. The van der Waals surface area contributed by atoms with Crippen molar-refractivity contribution < 1.29 is 4.74 Å². The van der Waals surface area contributed by atoms with Crippen LogP contribution in [0.2, 0.25) is 5.02 Å². The zero-order valence-electron chi connectivity index (χ0n) is 10.9. The molecule has 0 saturated carbocycles. The maximum atomic E-state index is 6.13. The molecule has 0 amide bonds. The molecule has 1 aliphatic heterocycles. The lowest BCUT2D eigenvalue weighted by Gasteiger charge is -2.09. The van der Waals surface area contributed by atoms with Crippen molar-refractivity contribution in [2.75, 3.05) is 11.9 Å². The van der Waals surface area contributed by atoms with Gasteiger partial charge in [0.2, 0.25) is 0 Å². The van der Waals surface area contributed by atoms with Crippen molar-refractivity contribution in [1.82, 2.24) is 0 Å². The number of fused-ring (bicyclic) bond motifs is 1. The Morgan fingerprint density at radius 3 is 2.95 bits per heavy atom. The third-order valence-electron chi connectivity index (χ3n) is 3.42. The van der Waals surface area contributed by atoms with Gasteiger partial charge in [-0.3, -0.25) is 0 Å². The van der Waals surface area contributed by atoms with Crippen LogP contribution in [0.15, 0.2) is 36.4 Å². The Bertz CT molecular complexity index is 610. The molecule has 3 rings (SSSR count). The zero-order chi connectivity index (χ0) is 13.2. The molecule has 1 heterocycles. The fraction of sp³-hybridized carbons (Fsp3) is 0.250. The van der Waals surface area contributed by atoms with Gasteiger partial charge in [0.05, 0.1) is 6.61 Å². The third kappa shape index (κ3) is 2.69. The highest BCUT2D eigenvalue weighted by molar-refractivity contribution is 6.31. The molecule has 19 heavy (non-hydrogen) atoms. The number of hydrogen-bond donors (Lipinski definition) is 1. The summed E-state index contributed by atoms with van der Waals surface area (Å²) in [5.74, 6) is 1.02. The van der Waals surface area contributed by atoms with E-state index >= 15 is 0 Å². The SMILES string of the molecule is Cc1ccc(CNc2ccc3c(c2)CCO3)cc1Cl. The van der Waals surface area contributed by atoms with Crippen molar-refractivity contribution in [2.24, 2.45) is 0 Å². The van der Waals surface area contributed by atoms with Gasteiger partial charge in [-0.15, -0.1) is 0 Å². The van der Waals surface area contributed by atoms with E-state index in [0.29, 0.717) is 0 Å². The highest BCUT2D eigenvalue weighted by Gasteiger charge is 2.11. The minimum atomic E-state index is 0.777. The molecule has 2 nitrogen and oxygen atoms in total. The first kappa shape index (κ1) is 12.4. The van der Waals surface area contributed by atoms with Crippen LogP contribution in [0.5, 0.6) is 5.75 Å². The summed E-state index contributed by atoms with van der Waals surface area (Å²) in [6, 6.07) is 12.4. The van der Waals surface area contributed by atoms with Crippen LogP contribution in [0.25, 0.3) is 0 Å². The van der Waals surface area contributed by atoms with Gasteiger partial charge in [0.15, 0.2) is 0 Å². The van der Waals surface area contributed by atoms with Crippen LogP contribution in [-0.2, 0) is 13.0 Å². The van der Waals surface area contributed by atoms with E-state index in [-0.39, 0.29) is 0 Å². The molecule has 3 heteroatoms. The number of anilines is 1. The molecule has 0 radical (unpaired) electrons. The second kappa shape index (κ2) is 5.14. The molecule has 0 spiro atoms. The lowest BCUT2D eigenvalue weighted by atomic mass is 10.1. The predicted molar refractivity (Wildman–Crippen MR) is 79.2 cm³/mol. The van der Waals surface area contributed by atoms with Crippen molar-refractivity contribution in [3.63, 3.8) is 0 Å². The van der Waals surface area contributed by atoms with Crippen LogP contribution in [0.1, 0.15) is 16.7 Å². The summed E-state index contributed by atoms with van der Waals surface area (Å²) in [6.45, 7) is 3.59. The van der Waals surface area contributed by atoms with Gasteiger partial charge in [0.25, 0.3) is 0 Å². The van der Waals surface area contributed by atoms with Crippen molar-refractivity contribution in [3.8, 4) is 5.75 Å². The van der Waals surface area contributed by atoms with Gasteiger partial charge < -0.3 is 10.1 Å². The number of ether oxygens (including phenoxy) is 1. The second-order valence-electron chi connectivity index (χ2n) is 4.86. The molecule has 2 aromatic carbocycles. The van der Waals surface area contributed by atoms with Crippen LogP contribution >= 0.6 is 11.6 Å². The Morgan fingerprint density at radius 2 is 2.11 bits per heavy atom. The van der Waals surface area contributed by atoms with Gasteiger partial charge in [-0.25, -0.2) is 0 Å². The van der Waals surface area contributed by atoms with E-state index in [9.17, 15) is 0 Å². The predicted octanol–water partition coefficient (Wildman–Crippen LogP) is 4.20. The van der Waals surface area contributed by atoms with E-state index in [1.807, 2.05) is 19.1 Å². The van der Waals surface area contributed by atoms with E-state index in [2.05, 4.69) is 29.6 Å². The van der Waals surface area contributed by atoms with Gasteiger partial charge in [-0.2, -0.15) is 0 Å². The maximum absolute atomic E-state index is 6.13. The van der Waals surface area contributed by atoms with E-state index in [0.717, 1.165) is 41.6 Å². The summed E-state index contributed by atoms with van der Waals surface area (Å²) in [5, 5.41) is 4.24. The van der Waals surface area contributed by atoms with Crippen molar-refractivity contribution >= 4 is 17.3 Å². The molecule has 98 valence electrons. The van der Waals surface area contributed by atoms with Crippen LogP contribution in [-0.4, -0.2) is 6.61 Å². The van der Waals surface area contributed by atoms with Crippen molar-refractivity contribution in [2.45, 2.75) is 19.9 Å². The number of benzene rings is 2. The number of hydrogen-bond acceptors (Lipinski definition) is 2. The molecule has 0 atom stereocenters. The van der Waals surface area contributed by atoms with Gasteiger partial charge in [0.1, 0.15) is 5.75 Å². The number of aryl methyl sites for hydroxylation is 1. The molecule has 0 unspecified atom stereocenters. The molecule has 1 N–H and O–H groups in total. The lowest BCUT2D eigenvalue weighted by Crippen LogP contribution is -1.99. The summed E-state index contributed by atoms with van der Waals surface area (Å²) in [5.41, 5.74) is 4.71. The molecular weight excluding hydrogens is 258 g/mol. The van der Waals surface area contributed by atoms with Crippen LogP contribution < -0.4 is 10.1 Å². The first-order chi connectivity index (χ1) is 9.22. The largest absolute Gasteiger partial charge is 0.493 e. The third-order valence-corrected chi connectivity index (χ3v) is 3.83. The first-order valence-electron chi connectivity index (χ1n) is 6.47. The summed E-state index contributed by atoms with van der Waals surface area (Å²) < 4.78 is 5.50. The summed E-state index contributed by atoms with van der Waals surface area (Å²) >= 11 is 6.13. The van der Waals surface area contributed by atoms with Crippen molar-refractivity contribution in [3.05, 3.63) is 58.1 Å². The Morgan fingerprint density at radius 1 is 1.21 bits per heavy atom. The number of rotatable bonds is 3. The standard InChI is InChI=1S/C16H16ClNO/c1-11-2-3-12(8-15(11)17)10-18-14-4-5-16-13(9-14)6-7-19-16/h2-5,8-9,18H,6-7,10H2,1H3. The smallest absolute Gasteiger partial charge is 0.122 e. The Balaban J connectivity index is 1.70. The maximum Gasteiger partial charge on any atom is 0.122 e. The second-order valence-corrected chi connectivity index (χ2v) is 5.27. The van der Waals surface area contributed by atoms with Crippen molar-refractivity contribution in [1.29, 1.82) is 0 Å². The normalized spacial score (nSPS) is 12.9. The molecule has 0 saturated heterocycles. The quantitative estimate of drug-likeness (QED) is 0.905. The van der Waals surface area contributed by atoms with Crippen LogP contribution in [0.3, 0.4) is 0 Å². The van der Waals surface area contributed by atoms with Crippen LogP contribution in [0, 0.1) is 6.92 Å². The molecule has 0 bridgehead atoms. The fourth-order valence-corrected chi connectivity index (χ4v) is 2.45. The fourth-order valence-electron chi connectivity index (χ4n) is 2.25. The lowest BCUT2D eigenvalue weighted by molar-refractivity contribution is 0.357. The minimum Gasteiger partial charge on any atom is -0.493 e. The Hall–Kier alpha value is -1.67. The van der Waals surface area contributed by atoms with E-state index in [4.69, 9.17) is 16.3 Å². The van der Waals surface area contributed by atoms with Crippen LogP contribution in [0.4, 0.5) is 5.69 Å². The van der Waals surface area contributed by atoms with E-state index in [1.165, 1.54) is 11.1 Å². The zero-order valence-corrected chi connectivity index (χ0v) is 11.6. The molecular formula is C16H16ClNO. The monoisotopic (exact) mass is 273 g/mol. The molecule has 0 fully saturated rings. The summed E-state index contributed by atoms with van der Waals surface area (Å²) in [4.78, 5) is 0. The topological polar surface area (TPSA) is 21.3 Å². The Labute approximate surface area is 118 Å². The number of halogens is 1.